The Balaban J connectivity index is 2.57. The SMILES string of the molecule is CCc1noc(N)c1-c1cccc(Cl)c1. The summed E-state index contributed by atoms with van der Waals surface area (Å²) in [5, 5.41) is 4.57. The van der Waals surface area contributed by atoms with Crippen molar-refractivity contribution in [3.8, 4) is 11.1 Å². The molecule has 0 radical (unpaired) electrons. The molecule has 0 amide bonds. The maximum Gasteiger partial charge on any atom is 0.230 e. The highest BCUT2D eigenvalue weighted by Crippen LogP contribution is 2.31. The third-order valence-corrected chi connectivity index (χ3v) is 2.47. The van der Waals surface area contributed by atoms with Gasteiger partial charge in [-0.25, -0.2) is 0 Å². The highest BCUT2D eigenvalue weighted by molar-refractivity contribution is 6.30. The monoisotopic (exact) mass is 222 g/mol. The van der Waals surface area contributed by atoms with Crippen LogP contribution in [0, 0.1) is 0 Å². The number of rotatable bonds is 2. The first-order valence-corrected chi connectivity index (χ1v) is 5.10. The Morgan fingerprint density at radius 3 is 2.93 bits per heavy atom. The summed E-state index contributed by atoms with van der Waals surface area (Å²) in [4.78, 5) is 0. The van der Waals surface area contributed by atoms with Crippen molar-refractivity contribution in [3.05, 3.63) is 35.0 Å². The minimum absolute atomic E-state index is 0.342. The zero-order valence-electron chi connectivity index (χ0n) is 8.33. The molecule has 2 N–H and O–H groups in total. The van der Waals surface area contributed by atoms with Crippen LogP contribution in [0.25, 0.3) is 11.1 Å². The van der Waals surface area contributed by atoms with Gasteiger partial charge in [0.25, 0.3) is 0 Å². The third kappa shape index (κ3) is 1.83. The normalized spacial score (nSPS) is 10.5. The number of hydrogen-bond donors (Lipinski definition) is 1. The molecule has 0 saturated heterocycles. The maximum atomic E-state index is 5.92. The van der Waals surface area contributed by atoms with Gasteiger partial charge in [0, 0.05) is 5.02 Å². The van der Waals surface area contributed by atoms with Crippen LogP contribution in [-0.4, -0.2) is 5.16 Å². The van der Waals surface area contributed by atoms with E-state index >= 15 is 0 Å². The lowest BCUT2D eigenvalue weighted by atomic mass is 10.0. The van der Waals surface area contributed by atoms with Crippen LogP contribution in [0.1, 0.15) is 12.6 Å². The van der Waals surface area contributed by atoms with Gasteiger partial charge >= 0.3 is 0 Å². The van der Waals surface area contributed by atoms with Crippen molar-refractivity contribution < 1.29 is 4.52 Å². The fraction of sp³-hybridized carbons (Fsp3) is 0.182. The molecule has 1 heterocycles. The molecule has 0 aliphatic heterocycles. The molecule has 78 valence electrons. The lowest BCUT2D eigenvalue weighted by molar-refractivity contribution is 0.428. The zero-order chi connectivity index (χ0) is 10.8. The van der Waals surface area contributed by atoms with E-state index in [0.29, 0.717) is 10.9 Å². The van der Waals surface area contributed by atoms with Crippen molar-refractivity contribution in [1.82, 2.24) is 5.16 Å². The summed E-state index contributed by atoms with van der Waals surface area (Å²) >= 11 is 5.92. The molecule has 0 bridgehead atoms. The first-order valence-electron chi connectivity index (χ1n) is 4.72. The van der Waals surface area contributed by atoms with Gasteiger partial charge in [-0.2, -0.15) is 0 Å². The number of aromatic nitrogens is 1. The summed E-state index contributed by atoms with van der Waals surface area (Å²) in [6.07, 6.45) is 0.780. The minimum atomic E-state index is 0.342. The number of nitrogens with two attached hydrogens (primary N) is 1. The van der Waals surface area contributed by atoms with Crippen LogP contribution in [-0.2, 0) is 6.42 Å². The van der Waals surface area contributed by atoms with Crippen LogP contribution in [0.4, 0.5) is 5.88 Å². The molecule has 0 atom stereocenters. The Labute approximate surface area is 92.8 Å². The van der Waals surface area contributed by atoms with Gasteiger partial charge in [-0.1, -0.05) is 35.8 Å². The van der Waals surface area contributed by atoms with E-state index in [2.05, 4.69) is 5.16 Å². The van der Waals surface area contributed by atoms with Gasteiger partial charge in [0.1, 0.15) is 0 Å². The molecule has 0 fully saturated rings. The molecule has 0 spiro atoms. The average Bonchev–Trinajstić information content (AvgIpc) is 2.59. The molecule has 2 rings (SSSR count). The van der Waals surface area contributed by atoms with E-state index in [1.54, 1.807) is 0 Å². The summed E-state index contributed by atoms with van der Waals surface area (Å²) in [7, 11) is 0. The predicted molar refractivity (Wildman–Crippen MR) is 60.7 cm³/mol. The molecule has 1 aromatic carbocycles. The van der Waals surface area contributed by atoms with E-state index in [1.165, 1.54) is 0 Å². The van der Waals surface area contributed by atoms with Crippen molar-refractivity contribution in [1.29, 1.82) is 0 Å². The van der Waals surface area contributed by atoms with E-state index < -0.39 is 0 Å². The second-order valence-electron chi connectivity index (χ2n) is 3.23. The number of hydrogen-bond acceptors (Lipinski definition) is 3. The van der Waals surface area contributed by atoms with Gasteiger partial charge in [-0.3, -0.25) is 0 Å². The van der Waals surface area contributed by atoms with Gasteiger partial charge in [-0.15, -0.1) is 0 Å². The molecule has 0 saturated carbocycles. The number of benzene rings is 1. The molecule has 0 unspecified atom stereocenters. The van der Waals surface area contributed by atoms with Crippen LogP contribution >= 0.6 is 11.6 Å². The first-order chi connectivity index (χ1) is 7.22. The summed E-state index contributed by atoms with van der Waals surface area (Å²) in [6, 6.07) is 7.49. The smallest absolute Gasteiger partial charge is 0.230 e. The van der Waals surface area contributed by atoms with Gasteiger partial charge < -0.3 is 10.3 Å². The number of aryl methyl sites for hydroxylation is 1. The minimum Gasteiger partial charge on any atom is -0.367 e. The number of nitrogens with zero attached hydrogens (tertiary/aromatic N) is 1. The highest BCUT2D eigenvalue weighted by Gasteiger charge is 2.13. The van der Waals surface area contributed by atoms with Crippen LogP contribution in [0.2, 0.25) is 5.02 Å². The molecule has 0 aliphatic carbocycles. The van der Waals surface area contributed by atoms with Gasteiger partial charge in [0.15, 0.2) is 0 Å². The van der Waals surface area contributed by atoms with Crippen molar-refractivity contribution in [3.63, 3.8) is 0 Å². The van der Waals surface area contributed by atoms with Gasteiger partial charge in [-0.05, 0) is 24.1 Å². The molecule has 15 heavy (non-hydrogen) atoms. The summed E-state index contributed by atoms with van der Waals surface area (Å²) in [5.74, 6) is 0.342. The van der Waals surface area contributed by atoms with Crippen LogP contribution in [0.5, 0.6) is 0 Å². The van der Waals surface area contributed by atoms with E-state index in [0.717, 1.165) is 23.2 Å². The Kier molecular flexibility index (Phi) is 2.64. The van der Waals surface area contributed by atoms with Crippen molar-refractivity contribution >= 4 is 17.5 Å². The quantitative estimate of drug-likeness (QED) is 0.849. The van der Waals surface area contributed by atoms with Crippen molar-refractivity contribution in [2.75, 3.05) is 5.73 Å². The molecular formula is C11H11ClN2O. The largest absolute Gasteiger partial charge is 0.367 e. The molecule has 0 aliphatic rings. The Morgan fingerprint density at radius 2 is 2.27 bits per heavy atom. The molecule has 4 heteroatoms. The van der Waals surface area contributed by atoms with Crippen molar-refractivity contribution in [2.45, 2.75) is 13.3 Å². The third-order valence-electron chi connectivity index (χ3n) is 2.24. The standard InChI is InChI=1S/C11H11ClN2O/c1-2-9-10(11(13)15-14-9)7-4-3-5-8(12)6-7/h3-6H,2,13H2,1H3. The van der Waals surface area contributed by atoms with E-state index in [1.807, 2.05) is 31.2 Å². The molecule has 2 aromatic rings. The lowest BCUT2D eigenvalue weighted by Gasteiger charge is -2.00. The summed E-state index contributed by atoms with van der Waals surface area (Å²) in [6.45, 7) is 2.01. The van der Waals surface area contributed by atoms with Crippen LogP contribution in [0.3, 0.4) is 0 Å². The van der Waals surface area contributed by atoms with Crippen molar-refractivity contribution in [2.24, 2.45) is 0 Å². The second kappa shape index (κ2) is 3.95. The van der Waals surface area contributed by atoms with Gasteiger partial charge in [0.05, 0.1) is 11.3 Å². The lowest BCUT2D eigenvalue weighted by Crippen LogP contribution is -1.89. The van der Waals surface area contributed by atoms with Crippen LogP contribution in [0.15, 0.2) is 28.8 Å². The van der Waals surface area contributed by atoms with E-state index in [9.17, 15) is 0 Å². The molecule has 3 nitrogen and oxygen atoms in total. The fourth-order valence-corrected chi connectivity index (χ4v) is 1.72. The Bertz CT molecular complexity index is 479. The summed E-state index contributed by atoms with van der Waals surface area (Å²) < 4.78 is 4.97. The topological polar surface area (TPSA) is 52.0 Å². The number of halogens is 1. The fourth-order valence-electron chi connectivity index (χ4n) is 1.53. The Hall–Kier alpha value is -1.48. The first kappa shape index (κ1) is 10.1. The Morgan fingerprint density at radius 1 is 1.47 bits per heavy atom. The highest BCUT2D eigenvalue weighted by atomic mass is 35.5. The number of nitrogen functional groups attached to an aromatic ring is 1. The molecular weight excluding hydrogens is 212 g/mol. The zero-order valence-corrected chi connectivity index (χ0v) is 9.08. The van der Waals surface area contributed by atoms with Crippen LogP contribution < -0.4 is 5.73 Å². The van der Waals surface area contributed by atoms with E-state index in [-0.39, 0.29) is 0 Å². The maximum absolute atomic E-state index is 5.92. The summed E-state index contributed by atoms with van der Waals surface area (Å²) in [5.41, 5.74) is 8.37. The average molecular weight is 223 g/mol. The number of anilines is 1. The van der Waals surface area contributed by atoms with Gasteiger partial charge in [0.2, 0.25) is 5.88 Å². The molecule has 1 aromatic heterocycles. The predicted octanol–water partition coefficient (Wildman–Crippen LogP) is 3.14. The second-order valence-corrected chi connectivity index (χ2v) is 3.67. The van der Waals surface area contributed by atoms with E-state index in [4.69, 9.17) is 21.9 Å².